The molecule has 2 aromatic carbocycles. The average Bonchev–Trinajstić information content (AvgIpc) is 2.61. The Balaban J connectivity index is 1.67. The number of amides is 1. The van der Waals surface area contributed by atoms with Crippen molar-refractivity contribution in [2.75, 3.05) is 11.9 Å². The molecule has 0 radical (unpaired) electrons. The van der Waals surface area contributed by atoms with Gasteiger partial charge in [0.25, 0.3) is 0 Å². The topological polar surface area (TPSA) is 60.5 Å². The first-order valence-corrected chi connectivity index (χ1v) is 7.81. The molecule has 1 heterocycles. The summed E-state index contributed by atoms with van der Waals surface area (Å²) >= 11 is 0. The zero-order valence-corrected chi connectivity index (χ0v) is 13.4. The highest BCUT2D eigenvalue weighted by Gasteiger charge is 2.09. The van der Waals surface area contributed by atoms with Crippen molar-refractivity contribution in [1.82, 2.24) is 4.98 Å². The van der Waals surface area contributed by atoms with Crippen LogP contribution in [0, 0.1) is 0 Å². The SMILES string of the molecule is CCCOc1ccc(NC(=O)Oc2cccc3cccnc23)cc1. The van der Waals surface area contributed by atoms with E-state index < -0.39 is 6.09 Å². The van der Waals surface area contributed by atoms with E-state index in [1.54, 1.807) is 24.4 Å². The van der Waals surface area contributed by atoms with Crippen molar-refractivity contribution in [2.24, 2.45) is 0 Å². The lowest BCUT2D eigenvalue weighted by Crippen LogP contribution is -2.16. The van der Waals surface area contributed by atoms with Gasteiger partial charge < -0.3 is 9.47 Å². The van der Waals surface area contributed by atoms with Gasteiger partial charge in [-0.05, 0) is 42.8 Å². The minimum atomic E-state index is -0.560. The van der Waals surface area contributed by atoms with E-state index in [0.717, 1.165) is 17.6 Å². The number of aromatic nitrogens is 1. The number of ether oxygens (including phenoxy) is 2. The molecule has 0 bridgehead atoms. The van der Waals surface area contributed by atoms with Crippen LogP contribution in [-0.2, 0) is 0 Å². The fourth-order valence-electron chi connectivity index (χ4n) is 2.26. The minimum Gasteiger partial charge on any atom is -0.494 e. The number of hydrogen-bond acceptors (Lipinski definition) is 4. The van der Waals surface area contributed by atoms with Crippen LogP contribution in [0.1, 0.15) is 13.3 Å². The van der Waals surface area contributed by atoms with Crippen molar-refractivity contribution in [2.45, 2.75) is 13.3 Å². The highest BCUT2D eigenvalue weighted by atomic mass is 16.6. The summed E-state index contributed by atoms with van der Waals surface area (Å²) in [4.78, 5) is 16.3. The molecule has 0 atom stereocenters. The maximum Gasteiger partial charge on any atom is 0.417 e. The Morgan fingerprint density at radius 1 is 1.08 bits per heavy atom. The Morgan fingerprint density at radius 2 is 1.88 bits per heavy atom. The second-order valence-electron chi connectivity index (χ2n) is 5.22. The van der Waals surface area contributed by atoms with Crippen molar-refractivity contribution in [3.05, 3.63) is 60.8 Å². The van der Waals surface area contributed by atoms with Crippen LogP contribution in [0.15, 0.2) is 60.8 Å². The number of para-hydroxylation sites is 1. The van der Waals surface area contributed by atoms with E-state index in [1.165, 1.54) is 0 Å². The molecule has 0 saturated carbocycles. The van der Waals surface area contributed by atoms with Gasteiger partial charge in [-0.25, -0.2) is 4.79 Å². The molecule has 5 nitrogen and oxygen atoms in total. The normalized spacial score (nSPS) is 10.4. The molecule has 0 aliphatic rings. The number of fused-ring (bicyclic) bond motifs is 1. The maximum absolute atomic E-state index is 12.1. The summed E-state index contributed by atoms with van der Waals surface area (Å²) in [5.41, 5.74) is 1.29. The number of rotatable bonds is 5. The lowest BCUT2D eigenvalue weighted by atomic mass is 10.2. The molecular formula is C19H18N2O3. The van der Waals surface area contributed by atoms with Crippen molar-refractivity contribution < 1.29 is 14.3 Å². The Morgan fingerprint density at radius 3 is 2.67 bits per heavy atom. The third-order valence-corrected chi connectivity index (χ3v) is 3.37. The number of hydrogen-bond donors (Lipinski definition) is 1. The molecular weight excluding hydrogens is 304 g/mol. The summed E-state index contributed by atoms with van der Waals surface area (Å²) in [6.45, 7) is 2.72. The summed E-state index contributed by atoms with van der Waals surface area (Å²) in [5, 5.41) is 3.61. The molecule has 0 fully saturated rings. The second kappa shape index (κ2) is 7.46. The van der Waals surface area contributed by atoms with Gasteiger partial charge in [0.05, 0.1) is 6.61 Å². The smallest absolute Gasteiger partial charge is 0.417 e. The first kappa shape index (κ1) is 15.8. The molecule has 3 rings (SSSR count). The lowest BCUT2D eigenvalue weighted by Gasteiger charge is -2.09. The molecule has 122 valence electrons. The van der Waals surface area contributed by atoms with E-state index >= 15 is 0 Å². The minimum absolute atomic E-state index is 0.425. The van der Waals surface area contributed by atoms with Crippen LogP contribution in [0.3, 0.4) is 0 Å². The van der Waals surface area contributed by atoms with Crippen LogP contribution < -0.4 is 14.8 Å². The van der Waals surface area contributed by atoms with Crippen LogP contribution >= 0.6 is 0 Å². The predicted octanol–water partition coefficient (Wildman–Crippen LogP) is 4.63. The van der Waals surface area contributed by atoms with Crippen LogP contribution in [0.2, 0.25) is 0 Å². The van der Waals surface area contributed by atoms with Crippen molar-refractivity contribution in [3.63, 3.8) is 0 Å². The Labute approximate surface area is 140 Å². The molecule has 5 heteroatoms. The van der Waals surface area contributed by atoms with E-state index in [-0.39, 0.29) is 0 Å². The largest absolute Gasteiger partial charge is 0.494 e. The summed E-state index contributed by atoms with van der Waals surface area (Å²) in [5.74, 6) is 1.20. The zero-order chi connectivity index (χ0) is 16.8. The summed E-state index contributed by atoms with van der Waals surface area (Å²) < 4.78 is 10.9. The second-order valence-corrected chi connectivity index (χ2v) is 5.22. The Bertz CT molecular complexity index is 826. The summed E-state index contributed by atoms with van der Waals surface area (Å²) in [6, 6.07) is 16.4. The molecule has 0 spiro atoms. The van der Waals surface area contributed by atoms with Crippen molar-refractivity contribution in [1.29, 1.82) is 0 Å². The van der Waals surface area contributed by atoms with Gasteiger partial charge in [-0.1, -0.05) is 25.1 Å². The number of pyridine rings is 1. The number of nitrogens with one attached hydrogen (secondary N) is 1. The van der Waals surface area contributed by atoms with Gasteiger partial charge in [0.1, 0.15) is 11.3 Å². The van der Waals surface area contributed by atoms with Gasteiger partial charge in [-0.2, -0.15) is 0 Å². The number of anilines is 1. The number of carbonyl (C=O) groups excluding carboxylic acids is 1. The molecule has 0 aliphatic heterocycles. The predicted molar refractivity (Wildman–Crippen MR) is 93.6 cm³/mol. The maximum atomic E-state index is 12.1. The highest BCUT2D eigenvalue weighted by molar-refractivity contribution is 5.91. The van der Waals surface area contributed by atoms with Gasteiger partial charge in [0.15, 0.2) is 5.75 Å². The molecule has 1 aromatic heterocycles. The average molecular weight is 322 g/mol. The van der Waals surface area contributed by atoms with Gasteiger partial charge >= 0.3 is 6.09 Å². The highest BCUT2D eigenvalue weighted by Crippen LogP contribution is 2.23. The quantitative estimate of drug-likeness (QED) is 0.743. The number of carbonyl (C=O) groups is 1. The van der Waals surface area contributed by atoms with E-state index in [2.05, 4.69) is 10.3 Å². The molecule has 0 saturated heterocycles. The van der Waals surface area contributed by atoms with E-state index in [4.69, 9.17) is 9.47 Å². The summed E-state index contributed by atoms with van der Waals surface area (Å²) in [6.07, 6.45) is 2.06. The molecule has 24 heavy (non-hydrogen) atoms. The fraction of sp³-hybridized carbons (Fsp3) is 0.158. The van der Waals surface area contributed by atoms with Gasteiger partial charge in [-0.15, -0.1) is 0 Å². The number of nitrogens with zero attached hydrogens (tertiary/aromatic N) is 1. The third kappa shape index (κ3) is 3.81. The lowest BCUT2D eigenvalue weighted by molar-refractivity contribution is 0.215. The van der Waals surface area contributed by atoms with Crippen molar-refractivity contribution in [3.8, 4) is 11.5 Å². The van der Waals surface area contributed by atoms with Gasteiger partial charge in [-0.3, -0.25) is 10.3 Å². The van der Waals surface area contributed by atoms with Gasteiger partial charge in [0.2, 0.25) is 0 Å². The van der Waals surface area contributed by atoms with E-state index in [9.17, 15) is 4.79 Å². The van der Waals surface area contributed by atoms with Crippen LogP contribution in [-0.4, -0.2) is 17.7 Å². The van der Waals surface area contributed by atoms with Crippen LogP contribution in [0.5, 0.6) is 11.5 Å². The Hall–Kier alpha value is -3.08. The monoisotopic (exact) mass is 322 g/mol. The first-order chi connectivity index (χ1) is 11.8. The van der Waals surface area contributed by atoms with E-state index in [1.807, 2.05) is 43.3 Å². The molecule has 3 aromatic rings. The molecule has 1 N–H and O–H groups in total. The third-order valence-electron chi connectivity index (χ3n) is 3.37. The van der Waals surface area contributed by atoms with E-state index in [0.29, 0.717) is 23.6 Å². The van der Waals surface area contributed by atoms with Crippen LogP contribution in [0.25, 0.3) is 10.9 Å². The zero-order valence-electron chi connectivity index (χ0n) is 13.4. The summed E-state index contributed by atoms with van der Waals surface area (Å²) in [7, 11) is 0. The van der Waals surface area contributed by atoms with Crippen LogP contribution in [0.4, 0.5) is 10.5 Å². The number of benzene rings is 2. The van der Waals surface area contributed by atoms with Gasteiger partial charge in [0, 0.05) is 17.3 Å². The fourth-order valence-corrected chi connectivity index (χ4v) is 2.26. The molecule has 0 aliphatic carbocycles. The molecule has 1 amide bonds. The Kier molecular flexibility index (Phi) is 4.91. The van der Waals surface area contributed by atoms with Crippen molar-refractivity contribution >= 4 is 22.7 Å². The molecule has 0 unspecified atom stereocenters. The standard InChI is InChI=1S/C19H18N2O3/c1-2-13-23-16-10-8-15(9-11-16)21-19(22)24-17-7-3-5-14-6-4-12-20-18(14)17/h3-12H,2,13H2,1H3,(H,21,22). The first-order valence-electron chi connectivity index (χ1n) is 7.81.